The fourth-order valence-corrected chi connectivity index (χ4v) is 4.47. The molecule has 6 nitrogen and oxygen atoms in total. The summed E-state index contributed by atoms with van der Waals surface area (Å²) < 4.78 is 53.8. The molecule has 0 saturated heterocycles. The number of carbonyl (C=O) groups excluding carboxylic acids is 1. The van der Waals surface area contributed by atoms with E-state index in [2.05, 4.69) is 10.4 Å². The fraction of sp³-hybridized carbons (Fsp3) is 0.263. The molecular weight excluding hydrogens is 388 g/mol. The molecule has 3 aromatic rings. The molecule has 0 spiro atoms. The van der Waals surface area contributed by atoms with Gasteiger partial charge in [0.2, 0.25) is 15.7 Å². The topological polar surface area (TPSA) is 81.1 Å². The van der Waals surface area contributed by atoms with Crippen molar-refractivity contribution in [3.05, 3.63) is 59.7 Å². The van der Waals surface area contributed by atoms with Gasteiger partial charge in [-0.15, -0.1) is 0 Å². The van der Waals surface area contributed by atoms with E-state index in [1.54, 1.807) is 0 Å². The van der Waals surface area contributed by atoms with Crippen LogP contribution in [0, 0.1) is 11.6 Å². The smallest absolute Gasteiger partial charge is 0.241 e. The number of aromatic nitrogens is 2. The summed E-state index contributed by atoms with van der Waals surface area (Å²) in [6, 6.07) is 8.92. The van der Waals surface area contributed by atoms with Crippen LogP contribution >= 0.6 is 0 Å². The van der Waals surface area contributed by atoms with Crippen LogP contribution in [0.25, 0.3) is 10.9 Å². The second-order valence-corrected chi connectivity index (χ2v) is 8.76. The molecular formula is C19H17F2N3O3S. The fourth-order valence-electron chi connectivity index (χ4n) is 2.97. The van der Waals surface area contributed by atoms with Gasteiger partial charge in [0.05, 0.1) is 11.3 Å². The van der Waals surface area contributed by atoms with Crippen LogP contribution in [0.1, 0.15) is 18.4 Å². The maximum absolute atomic E-state index is 13.7. The molecule has 28 heavy (non-hydrogen) atoms. The van der Waals surface area contributed by atoms with Crippen molar-refractivity contribution >= 4 is 26.6 Å². The van der Waals surface area contributed by atoms with Crippen LogP contribution in [0.15, 0.2) is 47.5 Å². The Hall–Kier alpha value is -2.81. The molecule has 1 fully saturated rings. The Kier molecular flexibility index (Phi) is 4.62. The zero-order chi connectivity index (χ0) is 19.9. The molecule has 0 aliphatic heterocycles. The summed E-state index contributed by atoms with van der Waals surface area (Å²) in [5, 5.41) is 6.92. The second-order valence-electron chi connectivity index (χ2n) is 6.85. The van der Waals surface area contributed by atoms with Gasteiger partial charge in [-0.3, -0.25) is 9.48 Å². The summed E-state index contributed by atoms with van der Waals surface area (Å²) >= 11 is 0. The minimum Gasteiger partial charge on any atom is -0.352 e. The van der Waals surface area contributed by atoms with Gasteiger partial charge in [-0.1, -0.05) is 12.1 Å². The molecule has 4 rings (SSSR count). The van der Waals surface area contributed by atoms with Crippen molar-refractivity contribution in [3.8, 4) is 0 Å². The van der Waals surface area contributed by atoms with Crippen molar-refractivity contribution in [2.24, 2.45) is 0 Å². The van der Waals surface area contributed by atoms with Crippen LogP contribution in [-0.2, 0) is 26.9 Å². The minimum atomic E-state index is -3.90. The van der Waals surface area contributed by atoms with E-state index in [4.69, 9.17) is 0 Å². The molecule has 2 aromatic carbocycles. The lowest BCUT2D eigenvalue weighted by Gasteiger charge is -2.04. The highest BCUT2D eigenvalue weighted by molar-refractivity contribution is 7.90. The summed E-state index contributed by atoms with van der Waals surface area (Å²) in [5.74, 6) is -1.71. The molecule has 0 atom stereocenters. The Labute approximate surface area is 160 Å². The van der Waals surface area contributed by atoms with Gasteiger partial charge < -0.3 is 5.32 Å². The third kappa shape index (κ3) is 3.89. The largest absolute Gasteiger partial charge is 0.352 e. The Balaban J connectivity index is 1.71. The van der Waals surface area contributed by atoms with Gasteiger partial charge in [0.1, 0.15) is 18.2 Å². The number of carbonyl (C=O) groups is 1. The molecule has 0 bridgehead atoms. The molecule has 1 heterocycles. The van der Waals surface area contributed by atoms with Crippen LogP contribution < -0.4 is 5.32 Å². The predicted octanol–water partition coefficient (Wildman–Crippen LogP) is 2.57. The maximum Gasteiger partial charge on any atom is 0.241 e. The average molecular weight is 405 g/mol. The van der Waals surface area contributed by atoms with Gasteiger partial charge >= 0.3 is 0 Å². The lowest BCUT2D eigenvalue weighted by atomic mass is 10.2. The lowest BCUT2D eigenvalue weighted by molar-refractivity contribution is -0.121. The third-order valence-corrected chi connectivity index (χ3v) is 6.08. The lowest BCUT2D eigenvalue weighted by Crippen LogP contribution is -2.29. The highest BCUT2D eigenvalue weighted by atomic mass is 32.2. The maximum atomic E-state index is 13.7. The highest BCUT2D eigenvalue weighted by Crippen LogP contribution is 2.26. The quantitative estimate of drug-likeness (QED) is 0.684. The standard InChI is InChI=1S/C19H17F2N3O3S/c20-13-3-1-12(2-4-13)11-28(26,27)19-16-8-5-14(21)9-17(16)24(23-19)10-18(25)22-15-6-7-15/h1-5,8-9,15H,6-7,10-11H2,(H,22,25). The normalized spacial score (nSPS) is 14.4. The number of sulfone groups is 1. The van der Waals surface area contributed by atoms with Gasteiger partial charge in [0, 0.05) is 11.4 Å². The van der Waals surface area contributed by atoms with Crippen molar-refractivity contribution < 1.29 is 22.0 Å². The number of hydrogen-bond acceptors (Lipinski definition) is 4. The summed E-state index contributed by atoms with van der Waals surface area (Å²) in [6.45, 7) is -0.206. The van der Waals surface area contributed by atoms with E-state index in [-0.39, 0.29) is 40.2 Å². The number of benzene rings is 2. The first-order valence-electron chi connectivity index (χ1n) is 8.74. The number of nitrogens with zero attached hydrogens (tertiary/aromatic N) is 2. The number of amides is 1. The molecule has 1 saturated carbocycles. The zero-order valence-electron chi connectivity index (χ0n) is 14.7. The summed E-state index contributed by atoms with van der Waals surface area (Å²) in [4.78, 5) is 12.1. The molecule has 1 aromatic heterocycles. The van der Waals surface area contributed by atoms with Crippen LogP contribution in [0.3, 0.4) is 0 Å². The van der Waals surface area contributed by atoms with E-state index in [1.807, 2.05) is 0 Å². The molecule has 146 valence electrons. The van der Waals surface area contributed by atoms with E-state index in [9.17, 15) is 22.0 Å². The van der Waals surface area contributed by atoms with Gasteiger partial charge in [-0.2, -0.15) is 5.10 Å². The van der Waals surface area contributed by atoms with E-state index < -0.39 is 21.5 Å². The van der Waals surface area contributed by atoms with Crippen LogP contribution in [0.4, 0.5) is 8.78 Å². The number of nitrogens with one attached hydrogen (secondary N) is 1. The summed E-state index contributed by atoms with van der Waals surface area (Å²) in [7, 11) is -3.90. The first-order valence-corrected chi connectivity index (χ1v) is 10.4. The highest BCUT2D eigenvalue weighted by Gasteiger charge is 2.27. The van der Waals surface area contributed by atoms with Crippen LogP contribution in [0.5, 0.6) is 0 Å². The Morgan fingerprint density at radius 1 is 1.11 bits per heavy atom. The van der Waals surface area contributed by atoms with Gasteiger partial charge in [-0.25, -0.2) is 17.2 Å². The molecule has 1 aliphatic rings. The minimum absolute atomic E-state index is 0.146. The number of fused-ring (bicyclic) bond motifs is 1. The number of hydrogen-bond donors (Lipinski definition) is 1. The van der Waals surface area contributed by atoms with Crippen molar-refractivity contribution in [2.45, 2.75) is 36.2 Å². The van der Waals surface area contributed by atoms with E-state index >= 15 is 0 Å². The van der Waals surface area contributed by atoms with Gasteiger partial charge in [0.25, 0.3) is 0 Å². The van der Waals surface area contributed by atoms with E-state index in [1.165, 1.54) is 35.0 Å². The van der Waals surface area contributed by atoms with E-state index in [0.29, 0.717) is 5.56 Å². The number of halogens is 2. The SMILES string of the molecule is O=C(Cn1nc(S(=O)(=O)Cc2ccc(F)cc2)c2ccc(F)cc21)NC1CC1. The van der Waals surface area contributed by atoms with Crippen LogP contribution in [-0.4, -0.2) is 30.1 Å². The van der Waals surface area contributed by atoms with Crippen molar-refractivity contribution in [2.75, 3.05) is 0 Å². The molecule has 9 heteroatoms. The van der Waals surface area contributed by atoms with Crippen LogP contribution in [0.2, 0.25) is 0 Å². The second kappa shape index (κ2) is 6.97. The molecule has 0 unspecified atom stereocenters. The third-order valence-electron chi connectivity index (χ3n) is 4.48. The molecule has 1 amide bonds. The molecule has 1 aliphatic carbocycles. The predicted molar refractivity (Wildman–Crippen MR) is 98.1 cm³/mol. The first kappa shape index (κ1) is 18.5. The summed E-state index contributed by atoms with van der Waals surface area (Å²) in [5.41, 5.74) is 0.626. The molecule has 0 radical (unpaired) electrons. The van der Waals surface area contributed by atoms with Crippen molar-refractivity contribution in [1.29, 1.82) is 0 Å². The monoisotopic (exact) mass is 405 g/mol. The van der Waals surface area contributed by atoms with Crippen molar-refractivity contribution in [3.63, 3.8) is 0 Å². The Morgan fingerprint density at radius 3 is 2.46 bits per heavy atom. The molecule has 1 N–H and O–H groups in total. The van der Waals surface area contributed by atoms with E-state index in [0.717, 1.165) is 25.0 Å². The Bertz CT molecular complexity index is 1150. The van der Waals surface area contributed by atoms with Gasteiger partial charge in [-0.05, 0) is 48.7 Å². The Morgan fingerprint density at radius 2 is 1.79 bits per heavy atom. The number of rotatable bonds is 6. The van der Waals surface area contributed by atoms with Gasteiger partial charge in [0.15, 0.2) is 5.03 Å². The average Bonchev–Trinajstić information content (AvgIpc) is 3.37. The first-order chi connectivity index (χ1) is 13.3. The zero-order valence-corrected chi connectivity index (χ0v) is 15.5. The summed E-state index contributed by atoms with van der Waals surface area (Å²) in [6.07, 6.45) is 1.83. The van der Waals surface area contributed by atoms with Crippen molar-refractivity contribution in [1.82, 2.24) is 15.1 Å².